The van der Waals surface area contributed by atoms with Crippen molar-refractivity contribution < 1.29 is 9.53 Å². The van der Waals surface area contributed by atoms with E-state index in [1.165, 1.54) is 11.5 Å². The molecule has 0 atom stereocenters. The Hall–Kier alpha value is -1.86. The number of carbonyl (C=O) groups is 1. The van der Waals surface area contributed by atoms with Gasteiger partial charge in [0.05, 0.1) is 0 Å². The SMILES string of the molecule is Cc1nsc(N2CCN(C(=O)COc3ccc(Cl)cc3)CC2)n1. The molecule has 0 bridgehead atoms. The first-order chi connectivity index (χ1) is 11.1. The van der Waals surface area contributed by atoms with E-state index in [4.69, 9.17) is 16.3 Å². The molecule has 6 nitrogen and oxygen atoms in total. The van der Waals surface area contributed by atoms with E-state index in [0.717, 1.165) is 24.0 Å². The molecule has 8 heteroatoms. The number of nitrogens with zero attached hydrogens (tertiary/aromatic N) is 4. The number of piperazine rings is 1. The standard InChI is InChI=1S/C15H17ClN4O2S/c1-11-17-15(23-18-11)20-8-6-19(7-9-20)14(21)10-22-13-4-2-12(16)3-5-13/h2-5H,6-10H2,1H3. The summed E-state index contributed by atoms with van der Waals surface area (Å²) in [4.78, 5) is 20.6. The van der Waals surface area contributed by atoms with Gasteiger partial charge in [0.15, 0.2) is 6.61 Å². The molecule has 1 aromatic heterocycles. The lowest BCUT2D eigenvalue weighted by atomic mass is 10.3. The van der Waals surface area contributed by atoms with E-state index in [-0.39, 0.29) is 12.5 Å². The third-order valence-electron chi connectivity index (χ3n) is 3.60. The molecule has 0 aliphatic carbocycles. The largest absolute Gasteiger partial charge is 0.484 e. The van der Waals surface area contributed by atoms with Gasteiger partial charge in [0.2, 0.25) is 5.13 Å². The fourth-order valence-corrected chi connectivity index (χ4v) is 3.18. The first kappa shape index (κ1) is 16.0. The predicted octanol–water partition coefficient (Wildman–Crippen LogP) is 2.23. The Morgan fingerprint density at radius 1 is 1.26 bits per heavy atom. The molecule has 1 saturated heterocycles. The molecular weight excluding hydrogens is 336 g/mol. The zero-order chi connectivity index (χ0) is 16.2. The Kier molecular flexibility index (Phi) is 4.97. The number of hydrogen-bond donors (Lipinski definition) is 0. The number of carbonyl (C=O) groups excluding carboxylic acids is 1. The highest BCUT2D eigenvalue weighted by Crippen LogP contribution is 2.19. The van der Waals surface area contributed by atoms with E-state index in [9.17, 15) is 4.79 Å². The van der Waals surface area contributed by atoms with Gasteiger partial charge >= 0.3 is 0 Å². The Balaban J connectivity index is 1.47. The highest BCUT2D eigenvalue weighted by molar-refractivity contribution is 7.09. The average Bonchev–Trinajstić information content (AvgIpc) is 3.01. The van der Waals surface area contributed by atoms with Gasteiger partial charge < -0.3 is 14.5 Å². The number of benzene rings is 1. The summed E-state index contributed by atoms with van der Waals surface area (Å²) in [5, 5.41) is 1.57. The third-order valence-corrected chi connectivity index (χ3v) is 4.72. The summed E-state index contributed by atoms with van der Waals surface area (Å²) in [6.45, 7) is 4.79. The number of amides is 1. The molecule has 122 valence electrons. The van der Waals surface area contributed by atoms with Gasteiger partial charge in [-0.1, -0.05) is 11.6 Å². The smallest absolute Gasteiger partial charge is 0.260 e. The van der Waals surface area contributed by atoms with E-state index < -0.39 is 0 Å². The lowest BCUT2D eigenvalue weighted by molar-refractivity contribution is -0.133. The number of ether oxygens (including phenoxy) is 1. The molecule has 23 heavy (non-hydrogen) atoms. The molecule has 1 aromatic carbocycles. The predicted molar refractivity (Wildman–Crippen MR) is 90.4 cm³/mol. The summed E-state index contributed by atoms with van der Waals surface area (Å²) in [7, 11) is 0. The van der Waals surface area contributed by atoms with Crippen molar-refractivity contribution in [1.29, 1.82) is 0 Å². The van der Waals surface area contributed by atoms with Gasteiger partial charge in [-0.25, -0.2) is 4.98 Å². The number of halogens is 1. The van der Waals surface area contributed by atoms with Crippen LogP contribution in [0.5, 0.6) is 5.75 Å². The summed E-state index contributed by atoms with van der Waals surface area (Å²) in [6, 6.07) is 6.99. The summed E-state index contributed by atoms with van der Waals surface area (Å²) < 4.78 is 9.70. The van der Waals surface area contributed by atoms with E-state index in [1.807, 2.05) is 11.8 Å². The second-order valence-corrected chi connectivity index (χ2v) is 6.40. The molecule has 1 aliphatic rings. The van der Waals surface area contributed by atoms with E-state index >= 15 is 0 Å². The second kappa shape index (κ2) is 7.14. The Bertz CT molecular complexity index is 668. The van der Waals surface area contributed by atoms with E-state index in [1.54, 1.807) is 24.3 Å². The number of rotatable bonds is 4. The van der Waals surface area contributed by atoms with Gasteiger partial charge in [-0.15, -0.1) is 0 Å². The van der Waals surface area contributed by atoms with Gasteiger partial charge in [-0.2, -0.15) is 4.37 Å². The van der Waals surface area contributed by atoms with Crippen LogP contribution >= 0.6 is 23.1 Å². The van der Waals surface area contributed by atoms with Crippen LogP contribution in [0.1, 0.15) is 5.82 Å². The van der Waals surface area contributed by atoms with Crippen LogP contribution in [0.4, 0.5) is 5.13 Å². The lowest BCUT2D eigenvalue weighted by Crippen LogP contribution is -2.50. The molecule has 1 fully saturated rings. The lowest BCUT2D eigenvalue weighted by Gasteiger charge is -2.34. The molecule has 1 aliphatic heterocycles. The molecule has 0 unspecified atom stereocenters. The van der Waals surface area contributed by atoms with Gasteiger partial charge in [0.1, 0.15) is 11.6 Å². The van der Waals surface area contributed by atoms with Crippen molar-refractivity contribution in [2.75, 3.05) is 37.7 Å². The van der Waals surface area contributed by atoms with Crippen molar-refractivity contribution in [3.8, 4) is 5.75 Å². The maximum absolute atomic E-state index is 12.2. The second-order valence-electron chi connectivity index (χ2n) is 5.23. The molecular formula is C15H17ClN4O2S. The van der Waals surface area contributed by atoms with Gasteiger partial charge in [-0.3, -0.25) is 4.79 Å². The molecule has 0 saturated carbocycles. The zero-order valence-electron chi connectivity index (χ0n) is 12.7. The Morgan fingerprint density at radius 3 is 2.57 bits per heavy atom. The fourth-order valence-electron chi connectivity index (χ4n) is 2.33. The van der Waals surface area contributed by atoms with Crippen LogP contribution < -0.4 is 9.64 Å². The third kappa shape index (κ3) is 4.11. The molecule has 0 spiro atoms. The first-order valence-corrected chi connectivity index (χ1v) is 8.48. The molecule has 3 rings (SSSR count). The van der Waals surface area contributed by atoms with Crippen molar-refractivity contribution in [2.45, 2.75) is 6.92 Å². The van der Waals surface area contributed by atoms with Crippen LogP contribution in [0.2, 0.25) is 5.02 Å². The Morgan fingerprint density at radius 2 is 1.96 bits per heavy atom. The quantitative estimate of drug-likeness (QED) is 0.844. The van der Waals surface area contributed by atoms with Crippen LogP contribution in [0.3, 0.4) is 0 Å². The minimum atomic E-state index is -0.00644. The van der Waals surface area contributed by atoms with Crippen molar-refractivity contribution in [1.82, 2.24) is 14.3 Å². The number of hydrogen-bond acceptors (Lipinski definition) is 6. The van der Waals surface area contributed by atoms with Crippen LogP contribution in [0, 0.1) is 6.92 Å². The van der Waals surface area contributed by atoms with Crippen LogP contribution in [0.25, 0.3) is 0 Å². The van der Waals surface area contributed by atoms with Crippen molar-refractivity contribution in [2.24, 2.45) is 0 Å². The Labute approximate surface area is 143 Å². The van der Waals surface area contributed by atoms with Gasteiger partial charge in [-0.05, 0) is 31.2 Å². The molecule has 1 amide bonds. The normalized spacial score (nSPS) is 14.9. The average molecular weight is 353 g/mol. The molecule has 2 heterocycles. The van der Waals surface area contributed by atoms with Crippen LogP contribution in [-0.2, 0) is 4.79 Å². The highest BCUT2D eigenvalue weighted by Gasteiger charge is 2.23. The minimum absolute atomic E-state index is 0.00644. The molecule has 2 aromatic rings. The zero-order valence-corrected chi connectivity index (χ0v) is 14.3. The highest BCUT2D eigenvalue weighted by atomic mass is 35.5. The van der Waals surface area contributed by atoms with E-state index in [0.29, 0.717) is 23.9 Å². The molecule has 0 N–H and O–H groups in total. The monoisotopic (exact) mass is 352 g/mol. The van der Waals surface area contributed by atoms with Crippen LogP contribution in [0.15, 0.2) is 24.3 Å². The van der Waals surface area contributed by atoms with E-state index in [2.05, 4.69) is 14.3 Å². The molecule has 0 radical (unpaired) electrons. The minimum Gasteiger partial charge on any atom is -0.484 e. The fraction of sp³-hybridized carbons (Fsp3) is 0.400. The van der Waals surface area contributed by atoms with Crippen molar-refractivity contribution in [3.63, 3.8) is 0 Å². The van der Waals surface area contributed by atoms with Crippen molar-refractivity contribution in [3.05, 3.63) is 35.1 Å². The maximum Gasteiger partial charge on any atom is 0.260 e. The number of aromatic nitrogens is 2. The number of anilines is 1. The van der Waals surface area contributed by atoms with Crippen molar-refractivity contribution >= 4 is 34.2 Å². The van der Waals surface area contributed by atoms with Gasteiger partial charge in [0, 0.05) is 42.7 Å². The summed E-state index contributed by atoms with van der Waals surface area (Å²) in [6.07, 6.45) is 0. The summed E-state index contributed by atoms with van der Waals surface area (Å²) >= 11 is 7.22. The topological polar surface area (TPSA) is 58.6 Å². The van der Waals surface area contributed by atoms with Crippen LogP contribution in [-0.4, -0.2) is 53.0 Å². The maximum atomic E-state index is 12.2. The summed E-state index contributed by atoms with van der Waals surface area (Å²) in [5.41, 5.74) is 0. The van der Waals surface area contributed by atoms with Gasteiger partial charge in [0.25, 0.3) is 5.91 Å². The first-order valence-electron chi connectivity index (χ1n) is 7.33. The number of aryl methyl sites for hydroxylation is 1. The summed E-state index contributed by atoms with van der Waals surface area (Å²) in [5.74, 6) is 1.43.